The fourth-order valence-electron chi connectivity index (χ4n) is 5.24. The van der Waals surface area contributed by atoms with E-state index in [4.69, 9.17) is 20.3 Å². The molecule has 2 saturated carbocycles. The number of esters is 1. The Bertz CT molecular complexity index is 1440. The summed E-state index contributed by atoms with van der Waals surface area (Å²) < 4.78 is 13.3. The second-order valence-electron chi connectivity index (χ2n) is 10.7. The molecular formula is C32H34N4O3. The lowest BCUT2D eigenvalue weighted by molar-refractivity contribution is 0.0508. The number of rotatable bonds is 10. The SMILES string of the molecule is CCOC(=O)c1c(-c2ccc(OCc3ccc(C4CC4)cc3)cc2)c(-c2ccncc2)nn1CC1(N)CCC1. The molecule has 0 bridgehead atoms. The van der Waals surface area contributed by atoms with Gasteiger partial charge in [0, 0.05) is 29.1 Å². The average Bonchev–Trinajstić information content (AvgIpc) is 3.73. The van der Waals surface area contributed by atoms with Gasteiger partial charge in [-0.2, -0.15) is 5.10 Å². The average molecular weight is 523 g/mol. The third kappa shape index (κ3) is 5.45. The number of nitrogens with zero attached hydrogens (tertiary/aromatic N) is 3. The van der Waals surface area contributed by atoms with Crippen LogP contribution in [0, 0.1) is 0 Å². The minimum Gasteiger partial charge on any atom is -0.489 e. The van der Waals surface area contributed by atoms with E-state index in [1.807, 2.05) is 43.3 Å². The smallest absolute Gasteiger partial charge is 0.357 e. The first-order valence-corrected chi connectivity index (χ1v) is 13.8. The molecule has 2 aromatic carbocycles. The zero-order valence-electron chi connectivity index (χ0n) is 22.3. The molecule has 2 aliphatic carbocycles. The van der Waals surface area contributed by atoms with Crippen molar-refractivity contribution in [2.75, 3.05) is 6.61 Å². The predicted molar refractivity (Wildman–Crippen MR) is 150 cm³/mol. The largest absolute Gasteiger partial charge is 0.489 e. The van der Waals surface area contributed by atoms with Gasteiger partial charge in [-0.25, -0.2) is 4.79 Å². The number of pyridine rings is 1. The van der Waals surface area contributed by atoms with E-state index in [0.29, 0.717) is 24.5 Å². The highest BCUT2D eigenvalue weighted by Gasteiger charge is 2.36. The molecule has 0 atom stereocenters. The second-order valence-corrected chi connectivity index (χ2v) is 10.7. The van der Waals surface area contributed by atoms with E-state index < -0.39 is 5.97 Å². The minimum absolute atomic E-state index is 0.274. The fourth-order valence-corrected chi connectivity index (χ4v) is 5.24. The number of hydrogen-bond donors (Lipinski definition) is 1. The molecule has 0 radical (unpaired) electrons. The van der Waals surface area contributed by atoms with Crippen molar-refractivity contribution in [2.45, 2.75) is 63.6 Å². The lowest BCUT2D eigenvalue weighted by Gasteiger charge is -2.38. The molecular weight excluding hydrogens is 488 g/mol. The zero-order chi connectivity index (χ0) is 26.8. The molecule has 2 N–H and O–H groups in total. The Morgan fingerprint density at radius 2 is 1.72 bits per heavy atom. The monoisotopic (exact) mass is 522 g/mol. The Labute approximate surface area is 229 Å². The van der Waals surface area contributed by atoms with Crippen LogP contribution in [0.3, 0.4) is 0 Å². The first kappa shape index (κ1) is 25.3. The third-order valence-electron chi connectivity index (χ3n) is 7.77. The minimum atomic E-state index is -0.404. The van der Waals surface area contributed by atoms with Crippen LogP contribution >= 0.6 is 0 Å². The summed E-state index contributed by atoms with van der Waals surface area (Å²) in [6.07, 6.45) is 8.96. The lowest BCUT2D eigenvalue weighted by atomic mass is 9.78. The highest BCUT2D eigenvalue weighted by atomic mass is 16.5. The molecule has 2 heterocycles. The van der Waals surface area contributed by atoms with E-state index in [9.17, 15) is 4.79 Å². The van der Waals surface area contributed by atoms with Crippen LogP contribution < -0.4 is 10.5 Å². The maximum Gasteiger partial charge on any atom is 0.357 e. The molecule has 4 aromatic rings. The van der Waals surface area contributed by atoms with E-state index in [2.05, 4.69) is 29.2 Å². The third-order valence-corrected chi connectivity index (χ3v) is 7.77. The Morgan fingerprint density at radius 3 is 2.33 bits per heavy atom. The first-order valence-electron chi connectivity index (χ1n) is 13.8. The van der Waals surface area contributed by atoms with Gasteiger partial charge in [-0.05, 0) is 85.9 Å². The molecule has 6 rings (SSSR count). The Morgan fingerprint density at radius 1 is 1.00 bits per heavy atom. The second kappa shape index (κ2) is 10.7. The van der Waals surface area contributed by atoms with Crippen molar-refractivity contribution in [2.24, 2.45) is 5.73 Å². The lowest BCUT2D eigenvalue weighted by Crippen LogP contribution is -2.50. The molecule has 2 fully saturated rings. The standard InChI is InChI=1S/C32H34N4O3/c1-2-38-31(37)30-28(29(26-14-18-34-19-15-26)35-36(30)21-32(33)16-3-17-32)25-10-12-27(13-11-25)39-20-22-4-6-23(7-5-22)24-8-9-24/h4-7,10-15,18-19,24H,2-3,8-9,16-17,20-21,33H2,1H3. The normalized spacial score (nSPS) is 15.9. The van der Waals surface area contributed by atoms with Gasteiger partial charge in [-0.15, -0.1) is 0 Å². The van der Waals surface area contributed by atoms with Gasteiger partial charge < -0.3 is 15.2 Å². The van der Waals surface area contributed by atoms with Gasteiger partial charge in [0.15, 0.2) is 5.69 Å². The van der Waals surface area contributed by atoms with Gasteiger partial charge in [-0.1, -0.05) is 36.4 Å². The summed E-state index contributed by atoms with van der Waals surface area (Å²) >= 11 is 0. The number of carbonyl (C=O) groups excluding carboxylic acids is 1. The highest BCUT2D eigenvalue weighted by Crippen LogP contribution is 2.40. The summed E-state index contributed by atoms with van der Waals surface area (Å²) in [5.41, 5.74) is 12.4. The molecule has 0 amide bonds. The summed E-state index contributed by atoms with van der Waals surface area (Å²) in [5, 5.41) is 4.93. The molecule has 7 heteroatoms. The van der Waals surface area contributed by atoms with E-state index in [-0.39, 0.29) is 12.1 Å². The fraction of sp³-hybridized carbons (Fsp3) is 0.344. The number of carbonyl (C=O) groups is 1. The molecule has 0 spiro atoms. The van der Waals surface area contributed by atoms with Crippen LogP contribution in [0.5, 0.6) is 5.75 Å². The zero-order valence-corrected chi connectivity index (χ0v) is 22.3. The van der Waals surface area contributed by atoms with E-state index in [1.165, 1.54) is 18.4 Å². The van der Waals surface area contributed by atoms with Crippen molar-refractivity contribution in [1.82, 2.24) is 14.8 Å². The van der Waals surface area contributed by atoms with Crippen molar-refractivity contribution in [3.8, 4) is 28.1 Å². The molecule has 0 unspecified atom stereocenters. The number of benzene rings is 2. The molecule has 0 saturated heterocycles. The van der Waals surface area contributed by atoms with Gasteiger partial charge in [-0.3, -0.25) is 9.67 Å². The molecule has 200 valence electrons. The van der Waals surface area contributed by atoms with Crippen LogP contribution in [0.2, 0.25) is 0 Å². The molecule has 39 heavy (non-hydrogen) atoms. The number of aromatic nitrogens is 3. The Kier molecular flexibility index (Phi) is 6.92. The molecule has 0 aliphatic heterocycles. The number of hydrogen-bond acceptors (Lipinski definition) is 6. The van der Waals surface area contributed by atoms with Crippen LogP contribution in [0.4, 0.5) is 0 Å². The van der Waals surface area contributed by atoms with Crippen molar-refractivity contribution in [3.63, 3.8) is 0 Å². The maximum atomic E-state index is 13.3. The highest BCUT2D eigenvalue weighted by molar-refractivity contribution is 6.00. The van der Waals surface area contributed by atoms with Gasteiger partial charge in [0.1, 0.15) is 18.1 Å². The summed E-state index contributed by atoms with van der Waals surface area (Å²) in [4.78, 5) is 17.5. The predicted octanol–water partition coefficient (Wildman–Crippen LogP) is 6.13. The van der Waals surface area contributed by atoms with Gasteiger partial charge in [0.25, 0.3) is 0 Å². The summed E-state index contributed by atoms with van der Waals surface area (Å²) in [6, 6.07) is 20.3. The van der Waals surface area contributed by atoms with E-state index in [1.54, 1.807) is 17.1 Å². The van der Waals surface area contributed by atoms with Crippen molar-refractivity contribution in [3.05, 3.63) is 89.9 Å². The number of nitrogens with two attached hydrogens (primary N) is 1. The summed E-state index contributed by atoms with van der Waals surface area (Å²) in [6.45, 7) is 3.04. The van der Waals surface area contributed by atoms with Crippen LogP contribution in [0.25, 0.3) is 22.4 Å². The Hall–Kier alpha value is -3.97. The van der Waals surface area contributed by atoms with Crippen LogP contribution in [0.15, 0.2) is 73.1 Å². The molecule has 7 nitrogen and oxygen atoms in total. The molecule has 2 aromatic heterocycles. The topological polar surface area (TPSA) is 92.3 Å². The summed E-state index contributed by atoms with van der Waals surface area (Å²) in [5.74, 6) is 1.10. The van der Waals surface area contributed by atoms with E-state index >= 15 is 0 Å². The Balaban J connectivity index is 1.32. The van der Waals surface area contributed by atoms with Crippen LogP contribution in [-0.2, 0) is 17.9 Å². The van der Waals surface area contributed by atoms with Crippen molar-refractivity contribution in [1.29, 1.82) is 0 Å². The van der Waals surface area contributed by atoms with Crippen molar-refractivity contribution >= 4 is 5.97 Å². The van der Waals surface area contributed by atoms with E-state index in [0.717, 1.165) is 53.2 Å². The van der Waals surface area contributed by atoms with Gasteiger partial charge in [0.05, 0.1) is 13.2 Å². The quantitative estimate of drug-likeness (QED) is 0.252. The van der Waals surface area contributed by atoms with Gasteiger partial charge >= 0.3 is 5.97 Å². The van der Waals surface area contributed by atoms with Crippen LogP contribution in [-0.4, -0.2) is 32.9 Å². The van der Waals surface area contributed by atoms with Gasteiger partial charge in [0.2, 0.25) is 0 Å². The number of ether oxygens (including phenoxy) is 2. The summed E-state index contributed by atoms with van der Waals surface area (Å²) in [7, 11) is 0. The molecule has 2 aliphatic rings. The van der Waals surface area contributed by atoms with Crippen molar-refractivity contribution < 1.29 is 14.3 Å². The maximum absolute atomic E-state index is 13.3. The van der Waals surface area contributed by atoms with Crippen LogP contribution in [0.1, 0.15) is 66.6 Å². The first-order chi connectivity index (χ1) is 19.0.